The van der Waals surface area contributed by atoms with Crippen LogP contribution in [0.5, 0.6) is 0 Å². The predicted octanol–water partition coefficient (Wildman–Crippen LogP) is 5.91. The van der Waals surface area contributed by atoms with Gasteiger partial charge in [-0.3, -0.25) is 4.79 Å². The molecule has 0 aromatic carbocycles. The maximum atomic E-state index is 11.7. The number of carbonyl (C=O) groups excluding carboxylic acids is 1. The van der Waals surface area contributed by atoms with Gasteiger partial charge >= 0.3 is 0 Å². The van der Waals surface area contributed by atoms with E-state index in [0.29, 0.717) is 23.7 Å². The largest absolute Gasteiger partial charge is 0.417 e. The number of ketones is 1. The Balaban J connectivity index is 2.05. The van der Waals surface area contributed by atoms with Crippen molar-refractivity contribution in [3.05, 3.63) is 12.2 Å². The summed E-state index contributed by atoms with van der Waals surface area (Å²) in [6.07, 6.45) is 15.7. The van der Waals surface area contributed by atoms with Gasteiger partial charge in [0.15, 0.2) is 9.04 Å². The van der Waals surface area contributed by atoms with Crippen LogP contribution >= 0.6 is 0 Å². The molecule has 0 bridgehead atoms. The molecule has 3 heteroatoms. The summed E-state index contributed by atoms with van der Waals surface area (Å²) in [6.45, 7) is 11.7. The quantitative estimate of drug-likeness (QED) is 0.414. The van der Waals surface area contributed by atoms with Crippen LogP contribution in [0.4, 0.5) is 0 Å². The van der Waals surface area contributed by atoms with Gasteiger partial charge in [0.1, 0.15) is 5.78 Å². The molecule has 2 saturated carbocycles. The lowest BCUT2D eigenvalue weighted by molar-refractivity contribution is -0.121. The highest BCUT2D eigenvalue weighted by molar-refractivity contribution is 6.48. The second-order valence-corrected chi connectivity index (χ2v) is 12.1. The van der Waals surface area contributed by atoms with E-state index in [1.807, 2.05) is 0 Å². The van der Waals surface area contributed by atoms with E-state index in [1.54, 1.807) is 0 Å². The SMILES string of the molecule is C[SiH](C)OC(CC(C=CC1CCCC(=O)C1)C(C)(C)C)C1CCCC1. The molecule has 0 aliphatic heterocycles. The Bertz CT molecular complexity index is 443. The third-order valence-corrected chi connectivity index (χ3v) is 7.00. The molecule has 0 saturated heterocycles. The molecule has 25 heavy (non-hydrogen) atoms. The molecule has 0 aromatic heterocycles. The summed E-state index contributed by atoms with van der Waals surface area (Å²) >= 11 is 0. The lowest BCUT2D eigenvalue weighted by Gasteiger charge is -2.35. The average Bonchev–Trinajstić information content (AvgIpc) is 3.03. The number of hydrogen-bond donors (Lipinski definition) is 0. The molecule has 0 amide bonds. The lowest BCUT2D eigenvalue weighted by atomic mass is 9.75. The van der Waals surface area contributed by atoms with Crippen LogP contribution in [0.1, 0.15) is 78.6 Å². The summed E-state index contributed by atoms with van der Waals surface area (Å²) in [5, 5.41) is 0. The van der Waals surface area contributed by atoms with Gasteiger partial charge in [-0.2, -0.15) is 0 Å². The summed E-state index contributed by atoms with van der Waals surface area (Å²) in [4.78, 5) is 11.7. The summed E-state index contributed by atoms with van der Waals surface area (Å²) in [5.41, 5.74) is 0.244. The van der Waals surface area contributed by atoms with Crippen molar-refractivity contribution in [2.45, 2.75) is 97.8 Å². The van der Waals surface area contributed by atoms with E-state index in [4.69, 9.17) is 4.43 Å². The third-order valence-electron chi connectivity index (χ3n) is 6.11. The van der Waals surface area contributed by atoms with Gasteiger partial charge in [-0.1, -0.05) is 45.8 Å². The van der Waals surface area contributed by atoms with E-state index in [0.717, 1.165) is 31.6 Å². The molecule has 0 spiro atoms. The van der Waals surface area contributed by atoms with Crippen molar-refractivity contribution in [2.24, 2.45) is 23.2 Å². The van der Waals surface area contributed by atoms with Crippen molar-refractivity contribution in [1.29, 1.82) is 0 Å². The Morgan fingerprint density at radius 1 is 1.16 bits per heavy atom. The highest BCUT2D eigenvalue weighted by Gasteiger charge is 2.32. The molecule has 0 N–H and O–H groups in total. The number of allylic oxidation sites excluding steroid dienone is 2. The van der Waals surface area contributed by atoms with Crippen molar-refractivity contribution in [3.63, 3.8) is 0 Å². The second-order valence-electron chi connectivity index (χ2n) is 9.76. The first kappa shape index (κ1) is 20.9. The third kappa shape index (κ3) is 7.01. The number of Topliss-reactive ketones (excluding diaryl/α,β-unsaturated/α-hetero) is 1. The molecule has 2 rings (SSSR count). The van der Waals surface area contributed by atoms with Gasteiger partial charge in [0.25, 0.3) is 0 Å². The maximum Gasteiger partial charge on any atom is 0.171 e. The molecule has 2 aliphatic rings. The average molecular weight is 365 g/mol. The van der Waals surface area contributed by atoms with Crippen molar-refractivity contribution < 1.29 is 9.22 Å². The molecule has 2 aliphatic carbocycles. The topological polar surface area (TPSA) is 26.3 Å². The van der Waals surface area contributed by atoms with E-state index >= 15 is 0 Å². The zero-order valence-electron chi connectivity index (χ0n) is 17.2. The van der Waals surface area contributed by atoms with E-state index in [-0.39, 0.29) is 5.41 Å². The molecule has 2 nitrogen and oxygen atoms in total. The highest BCUT2D eigenvalue weighted by atomic mass is 28.3. The molecule has 3 unspecified atom stereocenters. The monoisotopic (exact) mass is 364 g/mol. The van der Waals surface area contributed by atoms with Crippen molar-refractivity contribution in [1.82, 2.24) is 0 Å². The first-order chi connectivity index (χ1) is 11.8. The van der Waals surface area contributed by atoms with Crippen molar-refractivity contribution in [3.8, 4) is 0 Å². The second kappa shape index (κ2) is 9.50. The zero-order chi connectivity index (χ0) is 18.4. The fourth-order valence-corrected chi connectivity index (χ4v) is 5.55. The molecule has 144 valence electrons. The Morgan fingerprint density at radius 2 is 1.84 bits per heavy atom. The summed E-state index contributed by atoms with van der Waals surface area (Å²) in [6, 6.07) is 0. The molecule has 3 atom stereocenters. The van der Waals surface area contributed by atoms with Crippen molar-refractivity contribution >= 4 is 14.8 Å². The van der Waals surface area contributed by atoms with E-state index in [1.165, 1.54) is 32.1 Å². The molecule has 0 aromatic rings. The van der Waals surface area contributed by atoms with Crippen LogP contribution < -0.4 is 0 Å². The fraction of sp³-hybridized carbons (Fsp3) is 0.864. The lowest BCUT2D eigenvalue weighted by Crippen LogP contribution is -2.33. The Kier molecular flexibility index (Phi) is 7.94. The Labute approximate surface area is 157 Å². The van der Waals surface area contributed by atoms with Crippen LogP contribution in [-0.2, 0) is 9.22 Å². The van der Waals surface area contributed by atoms with Gasteiger partial charge in [0.2, 0.25) is 0 Å². The predicted molar refractivity (Wildman–Crippen MR) is 109 cm³/mol. The van der Waals surface area contributed by atoms with Crippen LogP contribution in [0.15, 0.2) is 12.2 Å². The molecule has 0 heterocycles. The van der Waals surface area contributed by atoms with Gasteiger partial charge in [-0.15, -0.1) is 0 Å². The summed E-state index contributed by atoms with van der Waals surface area (Å²) in [5.74, 6) is 2.22. The maximum absolute atomic E-state index is 11.7. The smallest absolute Gasteiger partial charge is 0.171 e. The van der Waals surface area contributed by atoms with Crippen LogP contribution in [0.2, 0.25) is 13.1 Å². The van der Waals surface area contributed by atoms with Crippen LogP contribution in [0.25, 0.3) is 0 Å². The van der Waals surface area contributed by atoms with E-state index < -0.39 is 9.04 Å². The summed E-state index contributed by atoms with van der Waals surface area (Å²) in [7, 11) is -1.02. The Morgan fingerprint density at radius 3 is 2.40 bits per heavy atom. The van der Waals surface area contributed by atoms with Crippen molar-refractivity contribution in [2.75, 3.05) is 0 Å². The van der Waals surface area contributed by atoms with E-state index in [9.17, 15) is 4.79 Å². The van der Waals surface area contributed by atoms with Gasteiger partial charge < -0.3 is 4.43 Å². The van der Waals surface area contributed by atoms with Gasteiger partial charge in [0, 0.05) is 18.9 Å². The van der Waals surface area contributed by atoms with Gasteiger partial charge in [-0.25, -0.2) is 0 Å². The molecule has 2 fully saturated rings. The number of rotatable bonds is 7. The zero-order valence-corrected chi connectivity index (χ0v) is 18.4. The Hall–Kier alpha value is -0.413. The molecule has 0 radical (unpaired) electrons. The van der Waals surface area contributed by atoms with Gasteiger partial charge in [-0.05, 0) is 68.4 Å². The highest BCUT2D eigenvalue weighted by Crippen LogP contribution is 2.38. The minimum atomic E-state index is -1.02. The number of hydrogen-bond acceptors (Lipinski definition) is 2. The first-order valence-corrected chi connectivity index (χ1v) is 13.4. The first-order valence-electron chi connectivity index (χ1n) is 10.6. The number of carbonyl (C=O) groups is 1. The summed E-state index contributed by atoms with van der Waals surface area (Å²) < 4.78 is 6.52. The standard InChI is InChI=1S/C22H40O2Si/c1-22(2,3)19(14-13-17-9-8-12-20(23)15-17)16-21(24-25(4)5)18-10-6-7-11-18/h13-14,17-19,21,25H,6-12,15-16H2,1-5H3. The molecular weight excluding hydrogens is 324 g/mol. The molecular formula is C22H40O2Si. The van der Waals surface area contributed by atoms with E-state index in [2.05, 4.69) is 46.0 Å². The fourth-order valence-electron chi connectivity index (χ4n) is 4.52. The minimum absolute atomic E-state index is 0.244. The van der Waals surface area contributed by atoms with Crippen LogP contribution in [-0.4, -0.2) is 20.9 Å². The van der Waals surface area contributed by atoms with Crippen LogP contribution in [0.3, 0.4) is 0 Å². The normalized spacial score (nSPS) is 25.8. The van der Waals surface area contributed by atoms with Gasteiger partial charge in [0.05, 0.1) is 0 Å². The minimum Gasteiger partial charge on any atom is -0.417 e. The van der Waals surface area contributed by atoms with Crippen LogP contribution in [0, 0.1) is 23.2 Å².